The molecule has 1 amide bonds. The minimum Gasteiger partial charge on any atom is -0.466 e. The van der Waals surface area contributed by atoms with Gasteiger partial charge in [0.15, 0.2) is 5.58 Å². The molecule has 0 aliphatic carbocycles. The van der Waals surface area contributed by atoms with E-state index in [9.17, 15) is 9.59 Å². The number of hydrogen-bond donors (Lipinski definition) is 0. The lowest BCUT2D eigenvalue weighted by Crippen LogP contribution is -2.41. The van der Waals surface area contributed by atoms with Crippen molar-refractivity contribution < 1.29 is 18.7 Å². The van der Waals surface area contributed by atoms with E-state index >= 15 is 0 Å². The first-order valence-electron chi connectivity index (χ1n) is 10.1. The Kier molecular flexibility index (Phi) is 5.43. The lowest BCUT2D eigenvalue weighted by molar-refractivity contribution is -0.149. The zero-order valence-corrected chi connectivity index (χ0v) is 16.9. The third-order valence-electron chi connectivity index (χ3n) is 5.57. The van der Waals surface area contributed by atoms with Crippen LogP contribution >= 0.6 is 0 Å². The van der Waals surface area contributed by atoms with Crippen LogP contribution in [0.1, 0.15) is 41.4 Å². The maximum Gasteiger partial charge on any atom is 0.309 e. The first kappa shape index (κ1) is 19.3. The summed E-state index contributed by atoms with van der Waals surface area (Å²) in [5.41, 5.74) is 4.57. The molecule has 3 aromatic rings. The molecule has 0 saturated carbocycles. The van der Waals surface area contributed by atoms with Gasteiger partial charge in [0.2, 0.25) is 0 Å². The van der Waals surface area contributed by atoms with E-state index in [4.69, 9.17) is 9.15 Å². The van der Waals surface area contributed by atoms with Crippen LogP contribution in [0.3, 0.4) is 0 Å². The number of benzene rings is 1. The van der Waals surface area contributed by atoms with Gasteiger partial charge < -0.3 is 18.6 Å². The summed E-state index contributed by atoms with van der Waals surface area (Å²) in [5.74, 6) is -0.291. The maximum atomic E-state index is 13.3. The van der Waals surface area contributed by atoms with Gasteiger partial charge in [-0.1, -0.05) is 29.8 Å². The molecule has 0 atom stereocenters. The van der Waals surface area contributed by atoms with Gasteiger partial charge in [0, 0.05) is 31.8 Å². The standard InChI is InChI=1S/C23H26N2O4/c1-3-28-23(27)18-7-10-24(11-8-18)22(26)20-14-21-19(9-12-29-21)25(20)15-17-6-4-5-16(2)13-17/h4-6,9,12-14,18H,3,7-8,10-11,15H2,1-2H3. The van der Waals surface area contributed by atoms with E-state index < -0.39 is 0 Å². The molecule has 6 heteroatoms. The Balaban J connectivity index is 1.55. The van der Waals surface area contributed by atoms with Crippen molar-refractivity contribution in [1.29, 1.82) is 0 Å². The Morgan fingerprint density at radius 1 is 1.17 bits per heavy atom. The monoisotopic (exact) mass is 394 g/mol. The number of likely N-dealkylation sites (tertiary alicyclic amines) is 1. The van der Waals surface area contributed by atoms with Crippen molar-refractivity contribution in [3.63, 3.8) is 0 Å². The second-order valence-electron chi connectivity index (χ2n) is 7.59. The Hall–Kier alpha value is -3.02. The average Bonchev–Trinajstić information content (AvgIpc) is 3.30. The van der Waals surface area contributed by atoms with Crippen LogP contribution in [0.25, 0.3) is 11.1 Å². The van der Waals surface area contributed by atoms with Gasteiger partial charge in [-0.25, -0.2) is 0 Å². The molecule has 1 fully saturated rings. The number of amides is 1. The van der Waals surface area contributed by atoms with Gasteiger partial charge in [-0.05, 0) is 32.3 Å². The number of nitrogens with zero attached hydrogens (tertiary/aromatic N) is 2. The highest BCUT2D eigenvalue weighted by Crippen LogP contribution is 2.26. The first-order chi connectivity index (χ1) is 14.1. The largest absolute Gasteiger partial charge is 0.466 e. The van der Waals surface area contributed by atoms with Crippen LogP contribution < -0.4 is 0 Å². The van der Waals surface area contributed by atoms with E-state index in [2.05, 4.69) is 25.1 Å². The molecule has 1 saturated heterocycles. The van der Waals surface area contributed by atoms with E-state index in [1.165, 1.54) is 5.56 Å². The van der Waals surface area contributed by atoms with Gasteiger partial charge >= 0.3 is 5.97 Å². The summed E-state index contributed by atoms with van der Waals surface area (Å²) < 4.78 is 12.7. The number of rotatable bonds is 5. The number of carbonyl (C=O) groups excluding carboxylic acids is 2. The molecular weight excluding hydrogens is 368 g/mol. The molecule has 0 N–H and O–H groups in total. The number of aryl methyl sites for hydroxylation is 1. The van der Waals surface area contributed by atoms with Gasteiger partial charge in [0.25, 0.3) is 5.91 Å². The normalized spacial score (nSPS) is 15.0. The fourth-order valence-corrected chi connectivity index (χ4v) is 4.06. The molecule has 1 aliphatic rings. The van der Waals surface area contributed by atoms with Crippen molar-refractivity contribution in [3.8, 4) is 0 Å². The summed E-state index contributed by atoms with van der Waals surface area (Å²) in [4.78, 5) is 27.1. The highest BCUT2D eigenvalue weighted by Gasteiger charge is 2.30. The van der Waals surface area contributed by atoms with Crippen molar-refractivity contribution in [2.45, 2.75) is 33.2 Å². The highest BCUT2D eigenvalue weighted by molar-refractivity contribution is 5.97. The molecule has 3 heterocycles. The Morgan fingerprint density at radius 3 is 2.69 bits per heavy atom. The minimum atomic E-state index is -0.153. The van der Waals surface area contributed by atoms with E-state index in [0.717, 1.165) is 11.1 Å². The number of fused-ring (bicyclic) bond motifs is 1. The molecule has 0 spiro atoms. The predicted octanol–water partition coefficient (Wildman–Crippen LogP) is 4.01. The molecule has 0 radical (unpaired) electrons. The molecule has 0 unspecified atom stereocenters. The predicted molar refractivity (Wildman–Crippen MR) is 110 cm³/mol. The number of aromatic nitrogens is 1. The average molecular weight is 394 g/mol. The third-order valence-corrected chi connectivity index (χ3v) is 5.57. The van der Waals surface area contributed by atoms with Crippen LogP contribution in [0.5, 0.6) is 0 Å². The smallest absolute Gasteiger partial charge is 0.309 e. The van der Waals surface area contributed by atoms with Gasteiger partial charge in [0.1, 0.15) is 5.69 Å². The van der Waals surface area contributed by atoms with Crippen LogP contribution in [0.4, 0.5) is 0 Å². The lowest BCUT2D eigenvalue weighted by Gasteiger charge is -2.31. The molecule has 152 valence electrons. The van der Waals surface area contributed by atoms with Gasteiger partial charge in [-0.3, -0.25) is 9.59 Å². The fraction of sp³-hybridized carbons (Fsp3) is 0.391. The Bertz CT molecular complexity index is 1020. The number of ether oxygens (including phenoxy) is 1. The summed E-state index contributed by atoms with van der Waals surface area (Å²) in [5, 5.41) is 0. The molecule has 0 bridgehead atoms. The highest BCUT2D eigenvalue weighted by atomic mass is 16.5. The van der Waals surface area contributed by atoms with Gasteiger partial charge in [-0.2, -0.15) is 0 Å². The Labute approximate surface area is 170 Å². The molecule has 1 aliphatic heterocycles. The minimum absolute atomic E-state index is 0.0219. The number of hydrogen-bond acceptors (Lipinski definition) is 4. The molecular formula is C23H26N2O4. The van der Waals surface area contributed by atoms with Crippen molar-refractivity contribution in [3.05, 3.63) is 59.5 Å². The van der Waals surface area contributed by atoms with Gasteiger partial charge in [-0.15, -0.1) is 0 Å². The quantitative estimate of drug-likeness (QED) is 0.614. The first-order valence-corrected chi connectivity index (χ1v) is 10.1. The van der Waals surface area contributed by atoms with E-state index in [-0.39, 0.29) is 17.8 Å². The number of piperidine rings is 1. The maximum absolute atomic E-state index is 13.3. The summed E-state index contributed by atoms with van der Waals surface area (Å²) in [6.07, 6.45) is 2.93. The van der Waals surface area contributed by atoms with E-state index in [1.54, 1.807) is 6.26 Å². The van der Waals surface area contributed by atoms with Gasteiger partial charge in [0.05, 0.1) is 24.3 Å². The van der Waals surface area contributed by atoms with Crippen LogP contribution in [0.2, 0.25) is 0 Å². The van der Waals surface area contributed by atoms with Crippen molar-refractivity contribution >= 4 is 23.0 Å². The molecule has 29 heavy (non-hydrogen) atoms. The number of furan rings is 1. The Morgan fingerprint density at radius 2 is 1.97 bits per heavy atom. The second kappa shape index (κ2) is 8.15. The molecule has 4 rings (SSSR count). The summed E-state index contributed by atoms with van der Waals surface area (Å²) in [6.45, 7) is 5.98. The lowest BCUT2D eigenvalue weighted by atomic mass is 9.97. The molecule has 1 aromatic carbocycles. The number of esters is 1. The van der Waals surface area contributed by atoms with Crippen LogP contribution in [-0.4, -0.2) is 41.0 Å². The number of carbonyl (C=O) groups is 2. The summed E-state index contributed by atoms with van der Waals surface area (Å²) in [6, 6.07) is 12.0. The van der Waals surface area contributed by atoms with E-state index in [0.29, 0.717) is 50.4 Å². The van der Waals surface area contributed by atoms with E-state index in [1.807, 2.05) is 34.6 Å². The molecule has 2 aromatic heterocycles. The third kappa shape index (κ3) is 3.92. The fourth-order valence-electron chi connectivity index (χ4n) is 4.06. The van der Waals surface area contributed by atoms with Crippen LogP contribution in [-0.2, 0) is 16.1 Å². The van der Waals surface area contributed by atoms with Crippen molar-refractivity contribution in [2.24, 2.45) is 5.92 Å². The van der Waals surface area contributed by atoms with Crippen molar-refractivity contribution in [1.82, 2.24) is 9.47 Å². The zero-order chi connectivity index (χ0) is 20.4. The summed E-state index contributed by atoms with van der Waals surface area (Å²) in [7, 11) is 0. The van der Waals surface area contributed by atoms with Crippen LogP contribution in [0.15, 0.2) is 47.1 Å². The second-order valence-corrected chi connectivity index (χ2v) is 7.59. The molecule has 6 nitrogen and oxygen atoms in total. The SMILES string of the molecule is CCOC(=O)C1CCN(C(=O)c2cc3occc3n2Cc2cccc(C)c2)CC1. The topological polar surface area (TPSA) is 64.7 Å². The van der Waals surface area contributed by atoms with Crippen molar-refractivity contribution in [2.75, 3.05) is 19.7 Å². The zero-order valence-electron chi connectivity index (χ0n) is 16.9. The van der Waals surface area contributed by atoms with Crippen LogP contribution in [0, 0.1) is 12.8 Å². The summed E-state index contributed by atoms with van der Waals surface area (Å²) >= 11 is 0.